The lowest BCUT2D eigenvalue weighted by atomic mass is 9.82. The molecule has 4 rings (SSSR count). The van der Waals surface area contributed by atoms with Gasteiger partial charge in [-0.05, 0) is 31.4 Å². The lowest BCUT2D eigenvalue weighted by molar-refractivity contribution is -0.0246. The monoisotopic (exact) mass is 343 g/mol. The Bertz CT molecular complexity index is 768. The van der Waals surface area contributed by atoms with E-state index in [1.165, 1.54) is 37.6 Å². The van der Waals surface area contributed by atoms with Gasteiger partial charge in [-0.3, -0.25) is 9.89 Å². The minimum atomic E-state index is -0.345. The van der Waals surface area contributed by atoms with Gasteiger partial charge in [-0.1, -0.05) is 31.4 Å². The highest BCUT2D eigenvalue weighted by Crippen LogP contribution is 2.39. The Labute approximate surface area is 146 Å². The summed E-state index contributed by atoms with van der Waals surface area (Å²) >= 11 is 0. The quantitative estimate of drug-likeness (QED) is 0.897. The second-order valence-electron chi connectivity index (χ2n) is 7.10. The number of hydrogen-bond acceptors (Lipinski definition) is 3. The zero-order chi connectivity index (χ0) is 17.3. The molecule has 2 fully saturated rings. The van der Waals surface area contributed by atoms with E-state index in [4.69, 9.17) is 4.74 Å². The third-order valence-electron chi connectivity index (χ3n) is 5.31. The molecule has 0 radical (unpaired) electrons. The van der Waals surface area contributed by atoms with E-state index < -0.39 is 0 Å². The van der Waals surface area contributed by atoms with Crippen LogP contribution in [0.3, 0.4) is 0 Å². The molecule has 2 aliphatic rings. The first-order valence-corrected chi connectivity index (χ1v) is 8.89. The first-order chi connectivity index (χ1) is 12.2. The predicted octanol–water partition coefficient (Wildman–Crippen LogP) is 3.44. The van der Waals surface area contributed by atoms with Gasteiger partial charge in [0.25, 0.3) is 5.91 Å². The van der Waals surface area contributed by atoms with Gasteiger partial charge in [-0.15, -0.1) is 0 Å². The summed E-state index contributed by atoms with van der Waals surface area (Å²) in [5.41, 5.74) is 1.52. The molecule has 1 aromatic carbocycles. The normalized spacial score (nSPS) is 22.2. The van der Waals surface area contributed by atoms with Crippen molar-refractivity contribution in [2.24, 2.45) is 0 Å². The van der Waals surface area contributed by atoms with Crippen LogP contribution in [0.15, 0.2) is 30.5 Å². The number of rotatable bonds is 3. The summed E-state index contributed by atoms with van der Waals surface area (Å²) in [5.74, 6) is -0.545. The van der Waals surface area contributed by atoms with Crippen LogP contribution >= 0.6 is 0 Å². The van der Waals surface area contributed by atoms with Crippen molar-refractivity contribution in [3.63, 3.8) is 0 Å². The summed E-state index contributed by atoms with van der Waals surface area (Å²) in [4.78, 5) is 12.7. The molecular formula is C19H22FN3O2. The van der Waals surface area contributed by atoms with E-state index in [-0.39, 0.29) is 23.4 Å². The van der Waals surface area contributed by atoms with E-state index in [9.17, 15) is 9.18 Å². The molecular weight excluding hydrogens is 321 g/mol. The van der Waals surface area contributed by atoms with Gasteiger partial charge in [-0.25, -0.2) is 4.39 Å². The number of halogens is 1. The zero-order valence-electron chi connectivity index (χ0n) is 14.1. The van der Waals surface area contributed by atoms with Gasteiger partial charge in [0.05, 0.1) is 35.7 Å². The molecule has 25 heavy (non-hydrogen) atoms. The first-order valence-electron chi connectivity index (χ1n) is 8.89. The maximum Gasteiger partial charge on any atom is 0.255 e. The third-order valence-corrected chi connectivity index (χ3v) is 5.31. The number of amides is 1. The van der Waals surface area contributed by atoms with Crippen LogP contribution in [0, 0.1) is 5.82 Å². The molecule has 2 N–H and O–H groups in total. The van der Waals surface area contributed by atoms with Crippen LogP contribution in [0.4, 0.5) is 4.39 Å². The number of aromatic nitrogens is 2. The van der Waals surface area contributed by atoms with Crippen LogP contribution in [-0.2, 0) is 4.74 Å². The highest BCUT2D eigenvalue weighted by atomic mass is 19.1. The number of carbonyl (C=O) groups excluding carboxylic acids is 1. The Kier molecular flexibility index (Phi) is 4.29. The summed E-state index contributed by atoms with van der Waals surface area (Å²) in [6.07, 6.45) is 8.19. The van der Waals surface area contributed by atoms with E-state index in [0.717, 1.165) is 19.3 Å². The molecule has 1 saturated heterocycles. The topological polar surface area (TPSA) is 67.0 Å². The fraction of sp³-hybridized carbons (Fsp3) is 0.474. The number of aromatic amines is 1. The van der Waals surface area contributed by atoms with Crippen LogP contribution in [0.2, 0.25) is 0 Å². The summed E-state index contributed by atoms with van der Waals surface area (Å²) in [6, 6.07) is 6.15. The molecule has 2 heterocycles. The average Bonchev–Trinajstić information content (AvgIpc) is 3.23. The molecule has 1 amide bonds. The van der Waals surface area contributed by atoms with Crippen molar-refractivity contribution in [3.8, 4) is 11.3 Å². The molecule has 5 nitrogen and oxygen atoms in total. The lowest BCUT2D eigenvalue weighted by Gasteiger charge is -2.32. The summed E-state index contributed by atoms with van der Waals surface area (Å²) in [5, 5.41) is 9.83. The standard InChI is InChI=1S/C19H22FN3O2/c20-14-6-4-5-13(9-14)17-16(11-21-23-17)18(24)22-15-10-19(25-12-15)7-2-1-3-8-19/h4-6,9,11,15H,1-3,7-8,10,12H2,(H,21,23)(H,22,24)/t15-/m1/s1. The number of H-pyrrole nitrogens is 1. The first kappa shape index (κ1) is 16.3. The van der Waals surface area contributed by atoms with E-state index >= 15 is 0 Å². The van der Waals surface area contributed by atoms with Gasteiger partial charge in [0.15, 0.2) is 0 Å². The van der Waals surface area contributed by atoms with E-state index in [1.54, 1.807) is 12.1 Å². The third kappa shape index (κ3) is 3.31. The van der Waals surface area contributed by atoms with Gasteiger partial charge in [-0.2, -0.15) is 5.10 Å². The zero-order valence-corrected chi connectivity index (χ0v) is 14.1. The second kappa shape index (κ2) is 6.59. The number of nitrogens with zero attached hydrogens (tertiary/aromatic N) is 1. The van der Waals surface area contributed by atoms with Crippen LogP contribution < -0.4 is 5.32 Å². The lowest BCUT2D eigenvalue weighted by Crippen LogP contribution is -2.37. The van der Waals surface area contributed by atoms with Crippen LogP contribution in [0.25, 0.3) is 11.3 Å². The van der Waals surface area contributed by atoms with Gasteiger partial charge >= 0.3 is 0 Å². The van der Waals surface area contributed by atoms with Crippen molar-refractivity contribution < 1.29 is 13.9 Å². The number of nitrogens with one attached hydrogen (secondary N) is 2. The molecule has 1 atom stereocenters. The minimum Gasteiger partial charge on any atom is -0.373 e. The number of benzene rings is 1. The van der Waals surface area contributed by atoms with Crippen molar-refractivity contribution in [2.45, 2.75) is 50.2 Å². The summed E-state index contributed by atoms with van der Waals surface area (Å²) in [7, 11) is 0. The smallest absolute Gasteiger partial charge is 0.255 e. The number of ether oxygens (including phenoxy) is 1. The van der Waals surface area contributed by atoms with Crippen LogP contribution in [-0.4, -0.2) is 34.4 Å². The van der Waals surface area contributed by atoms with Gasteiger partial charge in [0.1, 0.15) is 5.82 Å². The summed E-state index contributed by atoms with van der Waals surface area (Å²) in [6.45, 7) is 0.554. The molecule has 1 saturated carbocycles. The minimum absolute atomic E-state index is 0.0147. The molecule has 1 aliphatic heterocycles. The van der Waals surface area contributed by atoms with E-state index in [2.05, 4.69) is 15.5 Å². The molecule has 1 aromatic heterocycles. The maximum atomic E-state index is 13.5. The Hall–Kier alpha value is -2.21. The molecule has 0 bridgehead atoms. The van der Waals surface area contributed by atoms with E-state index in [0.29, 0.717) is 23.4 Å². The Morgan fingerprint density at radius 1 is 1.32 bits per heavy atom. The largest absolute Gasteiger partial charge is 0.373 e. The van der Waals surface area contributed by atoms with E-state index in [1.807, 2.05) is 0 Å². The van der Waals surface area contributed by atoms with Crippen molar-refractivity contribution in [3.05, 3.63) is 41.8 Å². The molecule has 2 aromatic rings. The Morgan fingerprint density at radius 2 is 2.16 bits per heavy atom. The van der Waals surface area contributed by atoms with Gasteiger partial charge < -0.3 is 10.1 Å². The fourth-order valence-electron chi connectivity index (χ4n) is 4.07. The maximum absolute atomic E-state index is 13.5. The molecule has 6 heteroatoms. The number of hydrogen-bond donors (Lipinski definition) is 2. The molecule has 1 spiro atoms. The average molecular weight is 343 g/mol. The fourth-order valence-corrected chi connectivity index (χ4v) is 4.07. The second-order valence-corrected chi connectivity index (χ2v) is 7.10. The highest BCUT2D eigenvalue weighted by molar-refractivity contribution is 5.99. The van der Waals surface area contributed by atoms with Crippen molar-refractivity contribution >= 4 is 5.91 Å². The van der Waals surface area contributed by atoms with Crippen molar-refractivity contribution in [1.82, 2.24) is 15.5 Å². The molecule has 0 unspecified atom stereocenters. The van der Waals surface area contributed by atoms with Gasteiger partial charge in [0.2, 0.25) is 0 Å². The highest BCUT2D eigenvalue weighted by Gasteiger charge is 2.41. The Balaban J connectivity index is 1.47. The van der Waals surface area contributed by atoms with Crippen LogP contribution in [0.1, 0.15) is 48.9 Å². The number of carbonyl (C=O) groups is 1. The Morgan fingerprint density at radius 3 is 2.96 bits per heavy atom. The molecule has 1 aliphatic carbocycles. The summed E-state index contributed by atoms with van der Waals surface area (Å²) < 4.78 is 19.5. The predicted molar refractivity (Wildman–Crippen MR) is 91.6 cm³/mol. The van der Waals surface area contributed by atoms with Gasteiger partial charge in [0, 0.05) is 5.56 Å². The van der Waals surface area contributed by atoms with Crippen molar-refractivity contribution in [2.75, 3.05) is 6.61 Å². The van der Waals surface area contributed by atoms with Crippen LogP contribution in [0.5, 0.6) is 0 Å². The molecule has 132 valence electrons. The van der Waals surface area contributed by atoms with Crippen molar-refractivity contribution in [1.29, 1.82) is 0 Å². The SMILES string of the molecule is O=C(N[C@H]1COC2(CCCCC2)C1)c1cn[nH]c1-c1cccc(F)c1.